The lowest BCUT2D eigenvalue weighted by Gasteiger charge is -1.95. The second-order valence-electron chi connectivity index (χ2n) is 8.76. The van der Waals surface area contributed by atoms with Crippen LogP contribution in [0.25, 0.3) is 0 Å². The first-order valence-corrected chi connectivity index (χ1v) is 14.0. The molecule has 0 unspecified atom stereocenters. The Hall–Kier alpha value is -3.24. The van der Waals surface area contributed by atoms with Crippen LogP contribution >= 0.6 is 0 Å². The molecule has 0 atom stereocenters. The Morgan fingerprint density at radius 1 is 0.487 bits per heavy atom. The molecule has 0 aliphatic heterocycles. The maximum atomic E-state index is 10.0. The van der Waals surface area contributed by atoms with Gasteiger partial charge in [0.2, 0.25) is 0 Å². The normalized spacial score (nSPS) is 8.79. The molecule has 0 aromatic carbocycles. The summed E-state index contributed by atoms with van der Waals surface area (Å²) in [6.45, 7) is 6.45. The van der Waals surface area contributed by atoms with E-state index in [1.807, 2.05) is 0 Å². The van der Waals surface area contributed by atoms with Gasteiger partial charge in [-0.25, -0.2) is 14.4 Å². The number of carboxylic acids is 3. The number of rotatable bonds is 20. The molecule has 9 nitrogen and oxygen atoms in total. The quantitative estimate of drug-likeness (QED) is 0.0832. The van der Waals surface area contributed by atoms with Crippen molar-refractivity contribution in [1.29, 1.82) is 0 Å². The molecule has 0 saturated heterocycles. The minimum absolute atomic E-state index is 0.153. The van der Waals surface area contributed by atoms with Gasteiger partial charge in [-0.05, 0) is 19.3 Å². The van der Waals surface area contributed by atoms with Crippen LogP contribution < -0.4 is 0 Å². The van der Waals surface area contributed by atoms with E-state index in [1.165, 1.54) is 75.6 Å². The minimum Gasteiger partial charge on any atom is -0.481 e. The summed E-state index contributed by atoms with van der Waals surface area (Å²) in [7, 11) is 0. The van der Waals surface area contributed by atoms with Gasteiger partial charge in [0.25, 0.3) is 0 Å². The fraction of sp³-hybridized carbons (Fsp3) is 0.700. The Morgan fingerprint density at radius 3 is 0.923 bits per heavy atom. The molecular formula is C30H50O9. The van der Waals surface area contributed by atoms with Crippen LogP contribution in [0.4, 0.5) is 0 Å². The lowest BCUT2D eigenvalue weighted by Crippen LogP contribution is -1.93. The van der Waals surface area contributed by atoms with Crippen LogP contribution in [0.3, 0.4) is 0 Å². The van der Waals surface area contributed by atoms with Crippen LogP contribution in [0, 0.1) is 0 Å². The van der Waals surface area contributed by atoms with Gasteiger partial charge < -0.3 is 15.3 Å². The summed E-state index contributed by atoms with van der Waals surface area (Å²) in [4.78, 5) is 58.8. The molecular weight excluding hydrogens is 504 g/mol. The summed E-state index contributed by atoms with van der Waals surface area (Å²) in [6, 6.07) is 0. The number of carboxylic acid groups (broad SMARTS) is 3. The molecule has 0 heterocycles. The van der Waals surface area contributed by atoms with E-state index in [2.05, 4.69) is 20.8 Å². The zero-order valence-corrected chi connectivity index (χ0v) is 24.2. The van der Waals surface area contributed by atoms with Crippen molar-refractivity contribution in [2.45, 2.75) is 136 Å². The molecule has 0 aliphatic rings. The summed E-state index contributed by atoms with van der Waals surface area (Å²) in [5.74, 6) is 1.96. The molecule has 0 aromatic rings. The fourth-order valence-corrected chi connectivity index (χ4v) is 2.87. The first-order valence-electron chi connectivity index (χ1n) is 14.0. The van der Waals surface area contributed by atoms with Crippen LogP contribution in [-0.2, 0) is 28.8 Å². The van der Waals surface area contributed by atoms with Crippen LogP contribution in [0.5, 0.6) is 0 Å². The highest BCUT2D eigenvalue weighted by Crippen LogP contribution is 2.05. The van der Waals surface area contributed by atoms with Crippen molar-refractivity contribution in [3.05, 3.63) is 17.7 Å². The van der Waals surface area contributed by atoms with Gasteiger partial charge in [-0.1, -0.05) is 97.8 Å². The maximum Gasteiger partial charge on any atom is 0.303 e. The van der Waals surface area contributed by atoms with Gasteiger partial charge in [0.15, 0.2) is 0 Å². The average molecular weight is 555 g/mol. The first-order chi connectivity index (χ1) is 18.7. The third kappa shape index (κ3) is 56.2. The van der Waals surface area contributed by atoms with Gasteiger partial charge >= 0.3 is 17.9 Å². The summed E-state index contributed by atoms with van der Waals surface area (Å²) in [6.07, 6.45) is 19.3. The zero-order chi connectivity index (χ0) is 30.6. The predicted molar refractivity (Wildman–Crippen MR) is 153 cm³/mol. The highest BCUT2D eigenvalue weighted by Gasteiger charge is 1.96. The summed E-state index contributed by atoms with van der Waals surface area (Å²) in [5.41, 5.74) is -0.153. The van der Waals surface area contributed by atoms with Gasteiger partial charge in [0.1, 0.15) is 17.8 Å². The second-order valence-corrected chi connectivity index (χ2v) is 8.76. The molecule has 9 heteroatoms. The molecule has 0 aliphatic carbocycles. The lowest BCUT2D eigenvalue weighted by molar-refractivity contribution is -0.138. The van der Waals surface area contributed by atoms with Crippen molar-refractivity contribution in [2.75, 3.05) is 0 Å². The number of carbonyl (C=O) groups is 3. The number of allylic oxidation sites excluding steroid dienone is 3. The Bertz CT molecular complexity index is 662. The Balaban J connectivity index is -0.000000210. The standard InChI is InChI=1S/3C8H16O2.C6H2O3/c3*1-2-3-4-5-6-7-8(9)10;7-3-1-6(5-9)2-4-8/h3*2-7H2,1H3,(H,9,10);1-2H. The van der Waals surface area contributed by atoms with Gasteiger partial charge in [0, 0.05) is 31.4 Å². The molecule has 0 spiro atoms. The number of hydrogen-bond acceptors (Lipinski definition) is 6. The molecule has 0 amide bonds. The van der Waals surface area contributed by atoms with Crippen molar-refractivity contribution in [2.24, 2.45) is 0 Å². The molecule has 0 radical (unpaired) electrons. The van der Waals surface area contributed by atoms with E-state index in [4.69, 9.17) is 15.3 Å². The molecule has 3 N–H and O–H groups in total. The molecule has 0 bridgehead atoms. The van der Waals surface area contributed by atoms with Gasteiger partial charge in [-0.15, -0.1) is 0 Å². The van der Waals surface area contributed by atoms with E-state index < -0.39 is 17.9 Å². The third-order valence-electron chi connectivity index (χ3n) is 5.03. The highest BCUT2D eigenvalue weighted by molar-refractivity contribution is 5.73. The van der Waals surface area contributed by atoms with Crippen LogP contribution in [-0.4, -0.2) is 51.1 Å². The fourth-order valence-electron chi connectivity index (χ4n) is 2.87. The molecule has 0 saturated carbocycles. The van der Waals surface area contributed by atoms with E-state index in [0.717, 1.165) is 50.7 Å². The lowest BCUT2D eigenvalue weighted by atomic mass is 10.1. The summed E-state index contributed by atoms with van der Waals surface area (Å²) < 4.78 is 0. The summed E-state index contributed by atoms with van der Waals surface area (Å²) in [5, 5.41) is 24.8. The smallest absolute Gasteiger partial charge is 0.303 e. The minimum atomic E-state index is -0.670. The monoisotopic (exact) mass is 554 g/mol. The predicted octanol–water partition coefficient (Wildman–Crippen LogP) is 6.81. The van der Waals surface area contributed by atoms with Crippen molar-refractivity contribution in [3.8, 4) is 0 Å². The van der Waals surface area contributed by atoms with Crippen LogP contribution in [0.2, 0.25) is 0 Å². The molecule has 39 heavy (non-hydrogen) atoms. The molecule has 224 valence electrons. The molecule has 0 aromatic heterocycles. The van der Waals surface area contributed by atoms with Crippen LogP contribution in [0.1, 0.15) is 136 Å². The maximum absolute atomic E-state index is 10.0. The first kappa shape index (κ1) is 42.8. The summed E-state index contributed by atoms with van der Waals surface area (Å²) >= 11 is 0. The third-order valence-corrected chi connectivity index (χ3v) is 5.03. The van der Waals surface area contributed by atoms with Crippen molar-refractivity contribution < 1.29 is 44.1 Å². The Morgan fingerprint density at radius 2 is 0.744 bits per heavy atom. The van der Waals surface area contributed by atoms with E-state index in [1.54, 1.807) is 0 Å². The van der Waals surface area contributed by atoms with Gasteiger partial charge in [-0.2, -0.15) is 0 Å². The topological polar surface area (TPSA) is 163 Å². The Kier molecular flexibility index (Phi) is 43.1. The second kappa shape index (κ2) is 39.3. The zero-order valence-electron chi connectivity index (χ0n) is 24.2. The average Bonchev–Trinajstić information content (AvgIpc) is 2.89. The number of carbonyl (C=O) groups excluding carboxylic acids is 3. The Labute approximate surface area is 234 Å². The van der Waals surface area contributed by atoms with E-state index in [0.29, 0.717) is 19.3 Å². The number of hydrogen-bond donors (Lipinski definition) is 3. The molecule has 0 rings (SSSR count). The van der Waals surface area contributed by atoms with E-state index in [9.17, 15) is 28.8 Å². The van der Waals surface area contributed by atoms with Crippen molar-refractivity contribution in [1.82, 2.24) is 0 Å². The van der Waals surface area contributed by atoms with Crippen molar-refractivity contribution in [3.63, 3.8) is 0 Å². The van der Waals surface area contributed by atoms with Gasteiger partial charge in [0.05, 0.1) is 5.57 Å². The van der Waals surface area contributed by atoms with E-state index >= 15 is 0 Å². The van der Waals surface area contributed by atoms with Crippen molar-refractivity contribution >= 4 is 35.7 Å². The van der Waals surface area contributed by atoms with Crippen LogP contribution in [0.15, 0.2) is 17.7 Å². The number of unbranched alkanes of at least 4 members (excludes halogenated alkanes) is 12. The largest absolute Gasteiger partial charge is 0.481 e. The van der Waals surface area contributed by atoms with E-state index in [-0.39, 0.29) is 5.57 Å². The van der Waals surface area contributed by atoms with Gasteiger partial charge in [-0.3, -0.25) is 14.4 Å². The number of aliphatic carboxylic acids is 3. The molecule has 0 fully saturated rings. The highest BCUT2D eigenvalue weighted by atomic mass is 16.4. The SMILES string of the molecule is CCCCCCCC(=O)O.CCCCCCCC(=O)O.CCCCCCCC(=O)O.O=C=CC(=C=O)C=C=O.